The van der Waals surface area contributed by atoms with Crippen molar-refractivity contribution >= 4 is 11.3 Å². The van der Waals surface area contributed by atoms with Crippen LogP contribution >= 0.6 is 11.3 Å². The maximum atomic E-state index is 6.36. The van der Waals surface area contributed by atoms with Crippen molar-refractivity contribution in [3.05, 3.63) is 22.4 Å². The van der Waals surface area contributed by atoms with E-state index in [1.165, 1.54) is 31.2 Å². The fraction of sp³-hybridized carbons (Fsp3) is 0.750. The van der Waals surface area contributed by atoms with E-state index in [2.05, 4.69) is 37.6 Å². The topological polar surface area (TPSA) is 35.2 Å². The summed E-state index contributed by atoms with van der Waals surface area (Å²) in [7, 11) is 0. The minimum atomic E-state index is 0.0717. The van der Waals surface area contributed by atoms with Crippen LogP contribution < -0.4 is 5.73 Å². The Bertz CT molecular complexity index is 364. The lowest BCUT2D eigenvalue weighted by molar-refractivity contribution is -0.0573. The number of hydrogen-bond acceptors (Lipinski definition) is 3. The van der Waals surface area contributed by atoms with E-state index in [1.807, 2.05) is 0 Å². The molecule has 108 valence electrons. The normalized spacial score (nSPS) is 23.2. The summed E-state index contributed by atoms with van der Waals surface area (Å²) in [5, 5.41) is 4.28. The Kier molecular flexibility index (Phi) is 5.04. The van der Waals surface area contributed by atoms with Crippen LogP contribution in [-0.2, 0) is 4.74 Å². The molecule has 0 spiro atoms. The van der Waals surface area contributed by atoms with Crippen LogP contribution in [0, 0.1) is 5.41 Å². The highest BCUT2D eigenvalue weighted by Crippen LogP contribution is 2.38. The molecule has 3 heteroatoms. The number of nitrogens with two attached hydrogens (primary N) is 1. The molecule has 19 heavy (non-hydrogen) atoms. The van der Waals surface area contributed by atoms with E-state index in [1.54, 1.807) is 11.3 Å². The van der Waals surface area contributed by atoms with Crippen LogP contribution in [-0.4, -0.2) is 12.1 Å². The molecule has 1 heterocycles. The Morgan fingerprint density at radius 1 is 1.42 bits per heavy atom. The van der Waals surface area contributed by atoms with Crippen LogP contribution in [0.25, 0.3) is 0 Å². The van der Waals surface area contributed by atoms with Crippen molar-refractivity contribution in [1.29, 1.82) is 0 Å². The van der Waals surface area contributed by atoms with Gasteiger partial charge in [0, 0.05) is 6.04 Å². The van der Waals surface area contributed by atoms with E-state index < -0.39 is 0 Å². The molecule has 0 aliphatic heterocycles. The summed E-state index contributed by atoms with van der Waals surface area (Å²) in [6.45, 7) is 6.85. The third-order valence-electron chi connectivity index (χ3n) is 4.36. The van der Waals surface area contributed by atoms with Crippen molar-refractivity contribution in [2.45, 2.75) is 71.1 Å². The summed E-state index contributed by atoms with van der Waals surface area (Å²) in [4.78, 5) is 0. The van der Waals surface area contributed by atoms with Crippen molar-refractivity contribution in [2.75, 3.05) is 0 Å². The predicted octanol–water partition coefficient (Wildman–Crippen LogP) is 4.51. The zero-order valence-electron chi connectivity index (χ0n) is 12.4. The molecule has 2 unspecified atom stereocenters. The molecular formula is C16H27NOS. The number of hydrogen-bond donors (Lipinski definition) is 1. The van der Waals surface area contributed by atoms with Gasteiger partial charge in [0.05, 0.1) is 12.2 Å². The van der Waals surface area contributed by atoms with Gasteiger partial charge in [0.15, 0.2) is 0 Å². The summed E-state index contributed by atoms with van der Waals surface area (Å²) in [6.07, 6.45) is 6.27. The quantitative estimate of drug-likeness (QED) is 0.861. The molecule has 1 fully saturated rings. The van der Waals surface area contributed by atoms with Crippen LogP contribution in [0.5, 0.6) is 0 Å². The summed E-state index contributed by atoms with van der Waals surface area (Å²) >= 11 is 1.72. The molecule has 0 saturated heterocycles. The molecule has 2 atom stereocenters. The first-order chi connectivity index (χ1) is 9.02. The number of ether oxygens (including phenoxy) is 1. The van der Waals surface area contributed by atoms with E-state index in [9.17, 15) is 0 Å². The van der Waals surface area contributed by atoms with Gasteiger partial charge in [-0.15, -0.1) is 0 Å². The summed E-state index contributed by atoms with van der Waals surface area (Å²) in [5.74, 6) is 0. The Balaban J connectivity index is 1.98. The average Bonchev–Trinajstić information content (AvgIpc) is 2.90. The second-order valence-electron chi connectivity index (χ2n) is 6.55. The van der Waals surface area contributed by atoms with Crippen LogP contribution in [0.2, 0.25) is 0 Å². The largest absolute Gasteiger partial charge is 0.369 e. The van der Waals surface area contributed by atoms with E-state index in [-0.39, 0.29) is 12.1 Å². The maximum Gasteiger partial charge on any atom is 0.0987 e. The summed E-state index contributed by atoms with van der Waals surface area (Å²) in [6, 6.07) is 2.25. The third-order valence-corrected chi connectivity index (χ3v) is 5.06. The van der Waals surface area contributed by atoms with Crippen LogP contribution in [0.3, 0.4) is 0 Å². The van der Waals surface area contributed by atoms with Crippen LogP contribution in [0.15, 0.2) is 16.8 Å². The van der Waals surface area contributed by atoms with Crippen molar-refractivity contribution < 1.29 is 4.74 Å². The fourth-order valence-corrected chi connectivity index (χ4v) is 3.48. The number of thiophene rings is 1. The molecule has 2 N–H and O–H groups in total. The SMILES string of the molecule is CCC(N)C(OC1CCC(C)(C)CC1)c1ccsc1. The van der Waals surface area contributed by atoms with Gasteiger partial charge >= 0.3 is 0 Å². The van der Waals surface area contributed by atoms with Crippen molar-refractivity contribution in [2.24, 2.45) is 11.1 Å². The lowest BCUT2D eigenvalue weighted by atomic mass is 9.76. The highest BCUT2D eigenvalue weighted by atomic mass is 32.1. The Hall–Kier alpha value is -0.380. The smallest absolute Gasteiger partial charge is 0.0987 e. The van der Waals surface area contributed by atoms with Gasteiger partial charge < -0.3 is 10.5 Å². The van der Waals surface area contributed by atoms with E-state index in [4.69, 9.17) is 10.5 Å². The fourth-order valence-electron chi connectivity index (χ4n) is 2.79. The molecule has 2 nitrogen and oxygen atoms in total. The molecule has 1 aliphatic rings. The lowest BCUT2D eigenvalue weighted by Gasteiger charge is -2.37. The molecule has 1 aromatic rings. The Morgan fingerprint density at radius 3 is 2.63 bits per heavy atom. The second kappa shape index (κ2) is 6.38. The van der Waals surface area contributed by atoms with Gasteiger partial charge in [-0.3, -0.25) is 0 Å². The zero-order valence-corrected chi connectivity index (χ0v) is 13.2. The summed E-state index contributed by atoms with van der Waals surface area (Å²) < 4.78 is 6.36. The monoisotopic (exact) mass is 281 g/mol. The predicted molar refractivity (Wildman–Crippen MR) is 82.4 cm³/mol. The molecule has 0 aromatic carbocycles. The molecule has 1 aliphatic carbocycles. The molecule has 0 amide bonds. The van der Waals surface area contributed by atoms with Gasteiger partial charge in [0.2, 0.25) is 0 Å². The van der Waals surface area contributed by atoms with E-state index in [0.717, 1.165) is 6.42 Å². The molecule has 0 radical (unpaired) electrons. The highest BCUT2D eigenvalue weighted by molar-refractivity contribution is 7.07. The van der Waals surface area contributed by atoms with Crippen molar-refractivity contribution in [1.82, 2.24) is 0 Å². The van der Waals surface area contributed by atoms with Gasteiger partial charge in [-0.2, -0.15) is 11.3 Å². The zero-order chi connectivity index (χ0) is 13.9. The summed E-state index contributed by atoms with van der Waals surface area (Å²) in [5.41, 5.74) is 8.00. The average molecular weight is 281 g/mol. The van der Waals surface area contributed by atoms with Crippen LogP contribution in [0.4, 0.5) is 0 Å². The first-order valence-electron chi connectivity index (χ1n) is 7.45. The lowest BCUT2D eigenvalue weighted by Crippen LogP contribution is -2.34. The van der Waals surface area contributed by atoms with Gasteiger partial charge in [0.1, 0.15) is 0 Å². The van der Waals surface area contributed by atoms with Gasteiger partial charge in [0.25, 0.3) is 0 Å². The standard InChI is InChI=1S/C16H27NOS/c1-4-14(17)15(12-7-10-19-11-12)18-13-5-8-16(2,3)9-6-13/h7,10-11,13-15H,4-6,8-9,17H2,1-3H3. The maximum absolute atomic E-state index is 6.36. The number of rotatable bonds is 5. The first-order valence-corrected chi connectivity index (χ1v) is 8.39. The van der Waals surface area contributed by atoms with Crippen molar-refractivity contribution in [3.63, 3.8) is 0 Å². The molecule has 1 aromatic heterocycles. The minimum Gasteiger partial charge on any atom is -0.369 e. The first kappa shape index (κ1) is 15.0. The third kappa shape index (κ3) is 4.04. The second-order valence-corrected chi connectivity index (χ2v) is 7.33. The Labute approximate surface area is 121 Å². The molecular weight excluding hydrogens is 254 g/mol. The van der Waals surface area contributed by atoms with Gasteiger partial charge in [-0.25, -0.2) is 0 Å². The minimum absolute atomic E-state index is 0.0717. The van der Waals surface area contributed by atoms with E-state index in [0.29, 0.717) is 11.5 Å². The van der Waals surface area contributed by atoms with Crippen LogP contribution in [0.1, 0.15) is 64.5 Å². The highest BCUT2D eigenvalue weighted by Gasteiger charge is 2.30. The Morgan fingerprint density at radius 2 is 2.11 bits per heavy atom. The van der Waals surface area contributed by atoms with E-state index >= 15 is 0 Å². The molecule has 0 bridgehead atoms. The van der Waals surface area contributed by atoms with Gasteiger partial charge in [-0.1, -0.05) is 20.8 Å². The molecule has 1 saturated carbocycles. The molecule has 2 rings (SSSR count). The van der Waals surface area contributed by atoms with Crippen molar-refractivity contribution in [3.8, 4) is 0 Å². The van der Waals surface area contributed by atoms with Gasteiger partial charge in [-0.05, 0) is 59.9 Å².